The molecule has 0 fully saturated rings. The first-order valence-electron chi connectivity index (χ1n) is 8.29. The summed E-state index contributed by atoms with van der Waals surface area (Å²) in [4.78, 5) is 13.5. The lowest BCUT2D eigenvalue weighted by Gasteiger charge is -2.15. The van der Waals surface area contributed by atoms with Crippen LogP contribution in [0.5, 0.6) is 5.75 Å². The molecule has 136 valence electrons. The Bertz CT molecular complexity index is 914. The van der Waals surface area contributed by atoms with Crippen molar-refractivity contribution >= 4 is 29.5 Å². The van der Waals surface area contributed by atoms with Crippen LogP contribution in [-0.2, 0) is 11.3 Å². The number of hydrogen-bond donors (Lipinski definition) is 2. The molecule has 2 aromatic heterocycles. The zero-order chi connectivity index (χ0) is 18.5. The van der Waals surface area contributed by atoms with E-state index in [4.69, 9.17) is 17.0 Å². The third-order valence-electron chi connectivity index (χ3n) is 3.87. The average Bonchev–Trinajstić information content (AvgIpc) is 3.26. The van der Waals surface area contributed by atoms with Crippen LogP contribution in [0.3, 0.4) is 0 Å². The lowest BCUT2D eigenvalue weighted by Crippen LogP contribution is -2.30. The van der Waals surface area contributed by atoms with Crippen LogP contribution in [0.15, 0.2) is 41.8 Å². The number of H-pyrrole nitrogens is 1. The van der Waals surface area contributed by atoms with Crippen LogP contribution in [0.2, 0.25) is 0 Å². The fourth-order valence-electron chi connectivity index (χ4n) is 2.59. The SMILES string of the molecule is CCOc1ccc([C@@H](C)NC(=O)Cn2c(-c3cccs3)n[nH]c2=S)cc1. The van der Waals surface area contributed by atoms with E-state index in [1.165, 1.54) is 0 Å². The number of aromatic amines is 1. The number of benzene rings is 1. The van der Waals surface area contributed by atoms with E-state index in [1.807, 2.05) is 55.6 Å². The van der Waals surface area contributed by atoms with Crippen LogP contribution in [-0.4, -0.2) is 27.3 Å². The molecule has 0 bridgehead atoms. The molecule has 1 atom stereocenters. The molecule has 0 aliphatic rings. The summed E-state index contributed by atoms with van der Waals surface area (Å²) in [6.07, 6.45) is 0. The van der Waals surface area contributed by atoms with Gasteiger partial charge in [-0.3, -0.25) is 14.5 Å². The number of carbonyl (C=O) groups excluding carboxylic acids is 1. The first-order chi connectivity index (χ1) is 12.6. The summed E-state index contributed by atoms with van der Waals surface area (Å²) in [6.45, 7) is 4.64. The van der Waals surface area contributed by atoms with Crippen molar-refractivity contribution in [1.82, 2.24) is 20.1 Å². The molecule has 6 nitrogen and oxygen atoms in total. The number of amides is 1. The number of aromatic nitrogens is 3. The summed E-state index contributed by atoms with van der Waals surface area (Å²) in [6, 6.07) is 11.5. The van der Waals surface area contributed by atoms with Gasteiger partial charge >= 0.3 is 0 Å². The maximum Gasteiger partial charge on any atom is 0.240 e. The van der Waals surface area contributed by atoms with Crippen LogP contribution in [0, 0.1) is 4.77 Å². The van der Waals surface area contributed by atoms with Crippen LogP contribution < -0.4 is 10.1 Å². The first kappa shape index (κ1) is 18.3. The zero-order valence-electron chi connectivity index (χ0n) is 14.6. The highest BCUT2D eigenvalue weighted by Gasteiger charge is 2.15. The predicted molar refractivity (Wildman–Crippen MR) is 105 cm³/mol. The Morgan fingerprint density at radius 3 is 2.81 bits per heavy atom. The van der Waals surface area contributed by atoms with Gasteiger partial charge in [-0.2, -0.15) is 5.10 Å². The molecule has 2 heterocycles. The Kier molecular flexibility index (Phi) is 5.85. The van der Waals surface area contributed by atoms with E-state index in [9.17, 15) is 4.79 Å². The van der Waals surface area contributed by atoms with Crippen LogP contribution in [0.25, 0.3) is 10.7 Å². The van der Waals surface area contributed by atoms with Gasteiger partial charge in [-0.25, -0.2) is 0 Å². The number of carbonyl (C=O) groups is 1. The number of nitrogens with zero attached hydrogens (tertiary/aromatic N) is 2. The maximum atomic E-state index is 12.5. The van der Waals surface area contributed by atoms with Crippen LogP contribution in [0.1, 0.15) is 25.5 Å². The fourth-order valence-corrected chi connectivity index (χ4v) is 3.51. The Balaban J connectivity index is 1.67. The molecule has 2 N–H and O–H groups in total. The van der Waals surface area contributed by atoms with Crippen molar-refractivity contribution in [2.24, 2.45) is 0 Å². The van der Waals surface area contributed by atoms with Crippen molar-refractivity contribution < 1.29 is 9.53 Å². The van der Waals surface area contributed by atoms with Gasteiger partial charge in [0.1, 0.15) is 12.3 Å². The number of ether oxygens (including phenoxy) is 1. The minimum Gasteiger partial charge on any atom is -0.494 e. The predicted octanol–water partition coefficient (Wildman–Crippen LogP) is 3.95. The van der Waals surface area contributed by atoms with Crippen LogP contribution in [0.4, 0.5) is 0 Å². The second-order valence-electron chi connectivity index (χ2n) is 5.71. The Morgan fingerprint density at radius 1 is 1.38 bits per heavy atom. The highest BCUT2D eigenvalue weighted by Crippen LogP contribution is 2.23. The molecule has 26 heavy (non-hydrogen) atoms. The van der Waals surface area contributed by atoms with Gasteiger partial charge in [-0.05, 0) is 55.2 Å². The average molecular weight is 389 g/mol. The van der Waals surface area contributed by atoms with E-state index >= 15 is 0 Å². The van der Waals surface area contributed by atoms with Gasteiger partial charge in [0.2, 0.25) is 5.91 Å². The van der Waals surface area contributed by atoms with E-state index in [2.05, 4.69) is 15.5 Å². The minimum atomic E-state index is -0.123. The molecular weight excluding hydrogens is 368 g/mol. The van der Waals surface area contributed by atoms with Gasteiger partial charge in [0.25, 0.3) is 0 Å². The zero-order valence-corrected chi connectivity index (χ0v) is 16.2. The molecule has 3 rings (SSSR count). The summed E-state index contributed by atoms with van der Waals surface area (Å²) in [5.74, 6) is 1.37. The van der Waals surface area contributed by atoms with Crippen molar-refractivity contribution in [2.45, 2.75) is 26.4 Å². The van der Waals surface area contributed by atoms with E-state index < -0.39 is 0 Å². The number of hydrogen-bond acceptors (Lipinski definition) is 5. The van der Waals surface area contributed by atoms with Gasteiger partial charge in [0.05, 0.1) is 17.5 Å². The third kappa shape index (κ3) is 4.20. The number of thiophene rings is 1. The van der Waals surface area contributed by atoms with Gasteiger partial charge in [0, 0.05) is 0 Å². The summed E-state index contributed by atoms with van der Waals surface area (Å²) in [5, 5.41) is 12.0. The molecule has 0 saturated carbocycles. The van der Waals surface area contributed by atoms with Gasteiger partial charge in [-0.1, -0.05) is 18.2 Å². The summed E-state index contributed by atoms with van der Waals surface area (Å²) in [7, 11) is 0. The van der Waals surface area contributed by atoms with E-state index in [0.717, 1.165) is 16.2 Å². The molecule has 0 unspecified atom stereocenters. The smallest absolute Gasteiger partial charge is 0.240 e. The Labute approximate surface area is 160 Å². The van der Waals surface area contributed by atoms with Crippen molar-refractivity contribution in [3.05, 3.63) is 52.1 Å². The molecule has 0 saturated heterocycles. The summed E-state index contributed by atoms with van der Waals surface area (Å²) < 4.78 is 7.58. The molecule has 1 aromatic carbocycles. The normalized spacial score (nSPS) is 11.9. The molecule has 8 heteroatoms. The monoisotopic (exact) mass is 388 g/mol. The second kappa shape index (κ2) is 8.29. The standard InChI is InChI=1S/C18H20N4O2S2/c1-3-24-14-8-6-13(7-9-14)12(2)19-16(23)11-22-17(20-21-18(22)25)15-5-4-10-26-15/h4-10,12H,3,11H2,1-2H3,(H,19,23)(H,21,25)/t12-/m1/s1. The lowest BCUT2D eigenvalue weighted by molar-refractivity contribution is -0.122. The topological polar surface area (TPSA) is 71.9 Å². The maximum absolute atomic E-state index is 12.5. The first-order valence-corrected chi connectivity index (χ1v) is 9.58. The largest absolute Gasteiger partial charge is 0.494 e. The molecule has 1 amide bonds. The second-order valence-corrected chi connectivity index (χ2v) is 7.04. The van der Waals surface area contributed by atoms with Crippen molar-refractivity contribution in [1.29, 1.82) is 0 Å². The van der Waals surface area contributed by atoms with Crippen molar-refractivity contribution in [3.8, 4) is 16.5 Å². The summed E-state index contributed by atoms with van der Waals surface area (Å²) >= 11 is 6.82. The van der Waals surface area contributed by atoms with Crippen molar-refractivity contribution in [2.75, 3.05) is 6.61 Å². The van der Waals surface area contributed by atoms with Gasteiger partial charge < -0.3 is 10.1 Å². The van der Waals surface area contributed by atoms with Gasteiger partial charge in [-0.15, -0.1) is 11.3 Å². The molecule has 3 aromatic rings. The van der Waals surface area contributed by atoms with E-state index in [1.54, 1.807) is 15.9 Å². The quantitative estimate of drug-likeness (QED) is 0.601. The Morgan fingerprint density at radius 2 is 2.15 bits per heavy atom. The minimum absolute atomic E-state index is 0.115. The van der Waals surface area contributed by atoms with Crippen LogP contribution >= 0.6 is 23.6 Å². The molecule has 0 radical (unpaired) electrons. The molecule has 0 aliphatic heterocycles. The Hall–Kier alpha value is -2.45. The fraction of sp³-hybridized carbons (Fsp3) is 0.278. The highest BCUT2D eigenvalue weighted by molar-refractivity contribution is 7.71. The number of rotatable bonds is 7. The number of nitrogens with one attached hydrogen (secondary N) is 2. The van der Waals surface area contributed by atoms with E-state index in [-0.39, 0.29) is 18.5 Å². The third-order valence-corrected chi connectivity index (χ3v) is 5.05. The molecule has 0 aliphatic carbocycles. The van der Waals surface area contributed by atoms with Gasteiger partial charge in [0.15, 0.2) is 10.6 Å². The highest BCUT2D eigenvalue weighted by atomic mass is 32.1. The molecule has 0 spiro atoms. The van der Waals surface area contributed by atoms with E-state index in [0.29, 0.717) is 17.2 Å². The molecular formula is C18H20N4O2S2. The van der Waals surface area contributed by atoms with Crippen molar-refractivity contribution in [3.63, 3.8) is 0 Å². The summed E-state index contributed by atoms with van der Waals surface area (Å²) in [5.41, 5.74) is 1.01. The lowest BCUT2D eigenvalue weighted by atomic mass is 10.1.